The molecule has 0 aromatic rings. The predicted molar refractivity (Wildman–Crippen MR) is 521 cm³/mol. The number of carbonyl (C=O) groups is 13. The molecule has 20 heteroatoms. The maximum absolute atomic E-state index is 11.5. The Labute approximate surface area is 747 Å². The first-order valence-corrected chi connectivity index (χ1v) is 42.1. The Kier molecular flexibility index (Phi) is 81.0. The number of allylic oxidation sites excluding steroid dienone is 9. The van der Waals surface area contributed by atoms with Crippen molar-refractivity contribution in [2.45, 2.75) is 320 Å². The molecule has 121 heavy (non-hydrogen) atoms. The Morgan fingerprint density at radius 3 is 1.02 bits per heavy atom. The van der Waals surface area contributed by atoms with Gasteiger partial charge >= 0.3 is 0 Å². The fourth-order valence-electron chi connectivity index (χ4n) is 6.88. The van der Waals surface area contributed by atoms with Crippen LogP contribution in [0.25, 0.3) is 0 Å². The third kappa shape index (κ3) is 123. The van der Waals surface area contributed by atoms with Crippen molar-refractivity contribution in [2.75, 3.05) is 60.2 Å². The van der Waals surface area contributed by atoms with Gasteiger partial charge in [-0.25, -0.2) is 0 Å². The van der Waals surface area contributed by atoms with Crippen molar-refractivity contribution in [1.82, 2.24) is 30.7 Å². The van der Waals surface area contributed by atoms with Crippen LogP contribution >= 0.6 is 11.6 Å². The molecule has 0 spiro atoms. The topological polar surface area (TPSA) is 268 Å². The number of carbonyl (C=O) groups excluding carboxylic acids is 13. The minimum Gasteiger partial charge on any atom is -0.352 e. The van der Waals surface area contributed by atoms with Gasteiger partial charge in [-0.3, -0.25) is 62.3 Å². The standard InChI is InChI=1S/C11H20O.C10H20N2O.C10H17NO2.C10H18O.C9H17NO.C9H16O.C8H15NO.C8H14O.C7H13NO.2C7H12O.C5H9ClO/c1-9(2)8-10(12)6-7-11(3,4)5;1-10(2,3)11-9(13)7-6-8-12(4)5;1-6-9(13)11(5)7-8(12)10(2,3)4;1-5-9(11)7-6-8-10(2,3)4;1-6-8(11)10(5)7-9(2,3)4;1-7(2)6-8(10)9(3,4)5;1-5-7(10)9-6-8(2,3)4;1-5-6-7(9)8(2,3)4;1-5-6(9)8-7(2,3)4;1-5-6(8)7(2,3)4;1-5(2)7(8)6(3)4;1-4(2)5(7)3-6/h8H,6-7H2,1-5H3;6-7H,8H2,1-5H3,(H,11,13);6H,1,7H2,2-5H3;5H,1,6-8H2,2-4H3;6H,1,7H2,2-5H3;6H,1-5H3;5H,1,6H2,2-4H3,(H,9,10);5-6H,1-4H3;5H,1H2,2-4H3,(H,8,9);5H,1H2,2-4H3;6H,1H2,2-4H3;4H,3H2,1-2H3/b;7-6+;;;;;;6-5+;;;;. The fourth-order valence-corrected chi connectivity index (χ4v) is 7.19. The van der Waals surface area contributed by atoms with Crippen molar-refractivity contribution >= 4 is 87.4 Å². The monoisotopic (exact) mass is 1720 g/mol. The summed E-state index contributed by atoms with van der Waals surface area (Å²) in [6.45, 7) is 105. The van der Waals surface area contributed by atoms with Gasteiger partial charge in [0.2, 0.25) is 29.5 Å². The van der Waals surface area contributed by atoms with Crippen LogP contribution in [0.4, 0.5) is 0 Å². The van der Waals surface area contributed by atoms with E-state index in [-0.39, 0.29) is 144 Å². The average molecular weight is 1730 g/mol. The van der Waals surface area contributed by atoms with Crippen LogP contribution in [0.1, 0.15) is 309 Å². The number of likely N-dealkylation sites (N-methyl/N-ethyl adjacent to an activating group) is 3. The predicted octanol–water partition coefficient (Wildman–Crippen LogP) is 22.4. The first kappa shape index (κ1) is 139. The Morgan fingerprint density at radius 1 is 0.413 bits per heavy atom. The van der Waals surface area contributed by atoms with Crippen LogP contribution in [0.15, 0.2) is 136 Å². The number of rotatable bonds is 25. The maximum atomic E-state index is 11.5. The number of ketones is 8. The van der Waals surface area contributed by atoms with Crippen LogP contribution < -0.4 is 16.0 Å². The van der Waals surface area contributed by atoms with Gasteiger partial charge in [-0.2, -0.15) is 0 Å². The Bertz CT molecular complexity index is 3250. The molecule has 0 aliphatic heterocycles. The molecular weight excluding hydrogens is 1540 g/mol. The van der Waals surface area contributed by atoms with E-state index < -0.39 is 5.41 Å². The molecule has 0 saturated carbocycles. The van der Waals surface area contributed by atoms with Crippen LogP contribution in [-0.2, 0) is 62.3 Å². The highest BCUT2D eigenvalue weighted by molar-refractivity contribution is 6.27. The molecule has 0 aliphatic carbocycles. The van der Waals surface area contributed by atoms with Crippen molar-refractivity contribution in [3.8, 4) is 0 Å². The minimum absolute atomic E-state index is 0.0140. The Balaban J connectivity index is -0.000000108. The number of Topliss-reactive ketones (excluding diaryl/α,β-unsaturated/α-hetero) is 3. The lowest BCUT2D eigenvalue weighted by atomic mass is 9.89. The highest BCUT2D eigenvalue weighted by Gasteiger charge is 2.24. The summed E-state index contributed by atoms with van der Waals surface area (Å²) in [7, 11) is 7.31. The summed E-state index contributed by atoms with van der Waals surface area (Å²) in [4.78, 5) is 147. The van der Waals surface area contributed by atoms with E-state index in [9.17, 15) is 62.3 Å². The molecular formula is C101H183ClN6O13. The number of nitrogens with zero attached hydrogens (tertiary/aromatic N) is 3. The number of hydrogen-bond acceptors (Lipinski definition) is 14. The van der Waals surface area contributed by atoms with Crippen LogP contribution in [0.5, 0.6) is 0 Å². The average Bonchev–Trinajstić information content (AvgIpc) is 0.893. The SMILES string of the molecule is C/C=C/C(=O)C(C)(C)C.C=C(C)C(=O)C(C)C.C=CC(=O)C(C)(C)C.C=CC(=O)CCCC(C)(C)C.C=CC(=O)N(C)CC(=O)C(C)(C)C.C=CC(=O)N(C)CC(C)(C)C.C=CC(=O)NC(C)(C)C.C=CC(=O)NCC(C)(C)C.CC(C)=CC(=O)C(C)(C)C.CC(C)=CC(=O)CCC(C)(C)C.CC(C)C(=O)CCl.CN(C)C/C=C/C(=O)NC(C)(C)C. The van der Waals surface area contributed by atoms with Gasteiger partial charge in [-0.15, -0.1) is 11.6 Å². The largest absolute Gasteiger partial charge is 0.352 e. The first-order chi connectivity index (χ1) is 53.7. The molecule has 0 aliphatic rings. The molecule has 0 aromatic heterocycles. The molecule has 702 valence electrons. The third-order valence-corrected chi connectivity index (χ3v) is 14.2. The van der Waals surface area contributed by atoms with Gasteiger partial charge in [0.05, 0.1) is 12.4 Å². The van der Waals surface area contributed by atoms with Gasteiger partial charge < -0.3 is 30.7 Å². The second kappa shape index (κ2) is 70.5. The minimum atomic E-state index is -0.393. The molecule has 19 nitrogen and oxygen atoms in total. The van der Waals surface area contributed by atoms with Crippen LogP contribution in [0.3, 0.4) is 0 Å². The highest BCUT2D eigenvalue weighted by Crippen LogP contribution is 2.23. The fraction of sp³-hybridized carbons (Fsp3) is 0.653. The van der Waals surface area contributed by atoms with Crippen molar-refractivity contribution in [3.63, 3.8) is 0 Å². The van der Waals surface area contributed by atoms with Gasteiger partial charge in [-0.05, 0) is 198 Å². The van der Waals surface area contributed by atoms with E-state index in [2.05, 4.69) is 145 Å². The second-order valence-electron chi connectivity index (χ2n) is 41.5. The van der Waals surface area contributed by atoms with Crippen molar-refractivity contribution in [2.24, 2.45) is 55.2 Å². The molecule has 0 atom stereocenters. The molecule has 0 heterocycles. The summed E-state index contributed by atoms with van der Waals surface area (Å²) in [5.41, 5.74) is 2.36. The van der Waals surface area contributed by atoms with Crippen molar-refractivity contribution in [1.29, 1.82) is 0 Å². The maximum Gasteiger partial charge on any atom is 0.246 e. The van der Waals surface area contributed by atoms with Crippen molar-refractivity contribution < 1.29 is 62.3 Å². The molecule has 0 saturated heterocycles. The van der Waals surface area contributed by atoms with Gasteiger partial charge in [0.15, 0.2) is 40.5 Å². The number of nitrogens with one attached hydrogen (secondary N) is 3. The molecule has 0 unspecified atom stereocenters. The summed E-state index contributed by atoms with van der Waals surface area (Å²) >= 11 is 5.20. The molecule has 5 amide bonds. The molecule has 0 radical (unpaired) electrons. The number of alkyl halides is 1. The summed E-state index contributed by atoms with van der Waals surface area (Å²) in [5.74, 6) is 1.07. The summed E-state index contributed by atoms with van der Waals surface area (Å²) < 4.78 is 0. The third-order valence-electron chi connectivity index (χ3n) is 13.9. The number of halogens is 1. The second-order valence-corrected chi connectivity index (χ2v) is 41.8. The van der Waals surface area contributed by atoms with Crippen LogP contribution in [-0.4, -0.2) is 162 Å². The summed E-state index contributed by atoms with van der Waals surface area (Å²) in [6.07, 6.45) is 22.5. The van der Waals surface area contributed by atoms with E-state index in [0.717, 1.165) is 43.5 Å². The number of hydrogen-bond donors (Lipinski definition) is 3. The van der Waals surface area contributed by atoms with E-state index in [1.807, 2.05) is 212 Å². The molecule has 0 aromatic carbocycles. The normalized spacial score (nSPS) is 11.0. The lowest BCUT2D eigenvalue weighted by molar-refractivity contribution is -0.133. The molecule has 0 fully saturated rings. The van der Waals surface area contributed by atoms with E-state index in [0.29, 0.717) is 30.4 Å². The smallest absolute Gasteiger partial charge is 0.246 e. The first-order valence-electron chi connectivity index (χ1n) is 41.6. The molecule has 0 rings (SSSR count). The molecule has 0 bridgehead atoms. The van der Waals surface area contributed by atoms with Gasteiger partial charge in [0.25, 0.3) is 0 Å². The van der Waals surface area contributed by atoms with Crippen LogP contribution in [0, 0.1) is 55.2 Å². The lowest BCUT2D eigenvalue weighted by Crippen LogP contribution is -2.39. The van der Waals surface area contributed by atoms with Gasteiger partial charge in [0.1, 0.15) is 5.78 Å². The van der Waals surface area contributed by atoms with E-state index in [1.165, 1.54) is 41.4 Å². The van der Waals surface area contributed by atoms with E-state index in [4.69, 9.17) is 11.6 Å². The zero-order valence-electron chi connectivity index (χ0n) is 85.6. The van der Waals surface area contributed by atoms with Crippen molar-refractivity contribution in [3.05, 3.63) is 136 Å². The highest BCUT2D eigenvalue weighted by atomic mass is 35.5. The van der Waals surface area contributed by atoms with Gasteiger partial charge in [0, 0.05) is 97.2 Å². The van der Waals surface area contributed by atoms with E-state index in [1.54, 1.807) is 56.3 Å². The summed E-state index contributed by atoms with van der Waals surface area (Å²) in [5, 5.41) is 8.28. The zero-order valence-corrected chi connectivity index (χ0v) is 86.4. The molecule has 3 N–H and O–H groups in total. The van der Waals surface area contributed by atoms with Crippen LogP contribution in [0.2, 0.25) is 0 Å². The zero-order chi connectivity index (χ0) is 99.8. The lowest BCUT2D eigenvalue weighted by Gasteiger charge is -2.25. The van der Waals surface area contributed by atoms with Gasteiger partial charge in [-0.1, -0.05) is 263 Å². The van der Waals surface area contributed by atoms with E-state index >= 15 is 0 Å². The number of amides is 5. The Hall–Kier alpha value is -7.90. The quantitative estimate of drug-likeness (QED) is 0.0567. The summed E-state index contributed by atoms with van der Waals surface area (Å²) in [6, 6.07) is 0. The Morgan fingerprint density at radius 2 is 0.802 bits per heavy atom.